The van der Waals surface area contributed by atoms with E-state index in [1.807, 2.05) is 48.5 Å². The number of rotatable bonds is 5. The molecule has 2 aliphatic rings. The van der Waals surface area contributed by atoms with Crippen molar-refractivity contribution in [2.24, 2.45) is 10.8 Å². The van der Waals surface area contributed by atoms with Gasteiger partial charge in [-0.25, -0.2) is 14.4 Å². The first-order chi connectivity index (χ1) is 17.0. The lowest BCUT2D eigenvalue weighted by atomic mass is 9.87. The van der Waals surface area contributed by atoms with Gasteiger partial charge in [0.05, 0.1) is 0 Å². The Kier molecular flexibility index (Phi) is 8.18. The van der Waals surface area contributed by atoms with Gasteiger partial charge in [0, 0.05) is 30.7 Å². The Hall–Kier alpha value is -1.89. The van der Waals surface area contributed by atoms with Crippen molar-refractivity contribution in [2.75, 3.05) is 13.1 Å². The van der Waals surface area contributed by atoms with Crippen molar-refractivity contribution < 1.29 is 4.57 Å². The Morgan fingerprint density at radius 2 is 1.31 bits per heavy atom. The second kappa shape index (κ2) is 10.8. The molecule has 4 nitrogen and oxygen atoms in total. The lowest BCUT2D eigenvalue weighted by Crippen LogP contribution is -2.43. The van der Waals surface area contributed by atoms with Crippen LogP contribution in [0.5, 0.6) is 0 Å². The fourth-order valence-corrected chi connectivity index (χ4v) is 9.28. The Bertz CT molecular complexity index is 1070. The summed E-state index contributed by atoms with van der Waals surface area (Å²) in [6, 6.07) is 20.7. The van der Waals surface area contributed by atoms with E-state index >= 15 is 4.57 Å². The minimum Gasteiger partial charge on any atom is -0.270 e. The summed E-state index contributed by atoms with van der Waals surface area (Å²) < 4.78 is 20.2. The fraction of sp³-hybridized carbons (Fsp3) is 0.548. The molecule has 0 unspecified atom stereocenters. The van der Waals surface area contributed by atoms with Crippen LogP contribution in [0.1, 0.15) is 84.4 Å². The number of hydrogen-bond acceptors (Lipinski definition) is 1. The van der Waals surface area contributed by atoms with E-state index in [0.29, 0.717) is 12.1 Å². The van der Waals surface area contributed by atoms with Crippen LogP contribution in [-0.2, 0) is 4.57 Å². The van der Waals surface area contributed by atoms with Gasteiger partial charge in [-0.1, -0.05) is 115 Å². The van der Waals surface area contributed by atoms with E-state index in [2.05, 4.69) is 79.9 Å². The average Bonchev–Trinajstić information content (AvgIpc) is 3.03. The van der Waals surface area contributed by atoms with Crippen molar-refractivity contribution in [2.45, 2.75) is 85.4 Å². The quantitative estimate of drug-likeness (QED) is 0.337. The maximum atomic E-state index is 15.5. The summed E-state index contributed by atoms with van der Waals surface area (Å²) in [7, 11) is -3.12. The number of benzene rings is 2. The molecule has 1 aliphatic carbocycles. The van der Waals surface area contributed by atoms with Crippen molar-refractivity contribution in [3.8, 4) is 11.8 Å². The van der Waals surface area contributed by atoms with Gasteiger partial charge in [0.15, 0.2) is 0 Å². The van der Waals surface area contributed by atoms with Crippen molar-refractivity contribution >= 4 is 7.59 Å². The Labute approximate surface area is 219 Å². The molecule has 3 atom stereocenters. The highest BCUT2D eigenvalue weighted by atomic mass is 31.2. The molecule has 1 aliphatic heterocycles. The van der Waals surface area contributed by atoms with Gasteiger partial charge in [-0.3, -0.25) is 4.57 Å². The SMILES string of the molecule is CC(C)(C)CN1[C@@H]2CCCC[C@H]2N(CC(C)(C)C)P1(=O)N[C@H](C#Cc1ccccc1)c1ccccc1. The van der Waals surface area contributed by atoms with Gasteiger partial charge in [-0.15, -0.1) is 0 Å². The van der Waals surface area contributed by atoms with Crippen molar-refractivity contribution in [3.63, 3.8) is 0 Å². The van der Waals surface area contributed by atoms with Crippen molar-refractivity contribution in [1.82, 2.24) is 14.4 Å². The molecule has 36 heavy (non-hydrogen) atoms. The minimum absolute atomic E-state index is 0.0367. The molecule has 2 fully saturated rings. The van der Waals surface area contributed by atoms with Crippen LogP contribution in [0.15, 0.2) is 60.7 Å². The Morgan fingerprint density at radius 1 is 0.833 bits per heavy atom. The molecule has 1 heterocycles. The number of nitrogens with zero attached hydrogens (tertiary/aromatic N) is 2. The van der Waals surface area contributed by atoms with Crippen LogP contribution >= 0.6 is 7.59 Å². The third-order valence-electron chi connectivity index (χ3n) is 6.99. The van der Waals surface area contributed by atoms with E-state index < -0.39 is 7.59 Å². The fourth-order valence-electron chi connectivity index (χ4n) is 5.56. The first-order valence-electron chi connectivity index (χ1n) is 13.5. The third kappa shape index (κ3) is 6.51. The summed E-state index contributed by atoms with van der Waals surface area (Å²) in [5.74, 6) is 6.82. The summed E-state index contributed by atoms with van der Waals surface area (Å²) >= 11 is 0. The van der Waals surface area contributed by atoms with Gasteiger partial charge in [0.1, 0.15) is 6.04 Å². The summed E-state index contributed by atoms with van der Waals surface area (Å²) in [5.41, 5.74) is 2.10. The van der Waals surface area contributed by atoms with E-state index in [4.69, 9.17) is 0 Å². The number of fused-ring (bicyclic) bond motifs is 1. The third-order valence-corrected chi connectivity index (χ3v) is 9.86. The molecule has 5 heteroatoms. The number of nitrogens with one attached hydrogen (secondary N) is 1. The molecule has 0 bridgehead atoms. The predicted molar refractivity (Wildman–Crippen MR) is 152 cm³/mol. The van der Waals surface area contributed by atoms with E-state index in [-0.39, 0.29) is 16.9 Å². The van der Waals surface area contributed by atoms with Gasteiger partial charge < -0.3 is 0 Å². The molecule has 4 rings (SSSR count). The van der Waals surface area contributed by atoms with Gasteiger partial charge in [0.2, 0.25) is 0 Å². The zero-order valence-electron chi connectivity index (χ0n) is 23.0. The Balaban J connectivity index is 1.79. The topological polar surface area (TPSA) is 35.6 Å². The van der Waals surface area contributed by atoms with Crippen LogP contribution in [0.25, 0.3) is 0 Å². The van der Waals surface area contributed by atoms with Crippen LogP contribution in [0.3, 0.4) is 0 Å². The molecule has 2 aromatic carbocycles. The molecular weight excluding hydrogens is 461 g/mol. The molecule has 0 radical (unpaired) electrons. The molecule has 0 aromatic heterocycles. The van der Waals surface area contributed by atoms with E-state index in [1.165, 1.54) is 12.8 Å². The molecule has 0 amide bonds. The molecule has 1 N–H and O–H groups in total. The van der Waals surface area contributed by atoms with Crippen molar-refractivity contribution in [1.29, 1.82) is 0 Å². The Morgan fingerprint density at radius 3 is 1.78 bits per heavy atom. The first-order valence-corrected chi connectivity index (χ1v) is 15.1. The maximum Gasteiger partial charge on any atom is 0.286 e. The lowest BCUT2D eigenvalue weighted by Gasteiger charge is -2.39. The lowest BCUT2D eigenvalue weighted by molar-refractivity contribution is 0.159. The summed E-state index contributed by atoms with van der Waals surface area (Å²) in [5, 5.41) is 3.71. The molecule has 2 aromatic rings. The predicted octanol–water partition coefficient (Wildman–Crippen LogP) is 7.50. The minimum atomic E-state index is -3.12. The molecule has 0 spiro atoms. The van der Waals surface area contributed by atoms with Gasteiger partial charge in [0.25, 0.3) is 7.59 Å². The van der Waals surface area contributed by atoms with Gasteiger partial charge >= 0.3 is 0 Å². The number of hydrogen-bond donors (Lipinski definition) is 1. The van der Waals surface area contributed by atoms with E-state index in [1.54, 1.807) is 0 Å². The smallest absolute Gasteiger partial charge is 0.270 e. The highest BCUT2D eigenvalue weighted by Crippen LogP contribution is 2.63. The second-order valence-corrected chi connectivity index (χ2v) is 15.3. The van der Waals surface area contributed by atoms with Crippen LogP contribution in [0.2, 0.25) is 0 Å². The highest BCUT2D eigenvalue weighted by Gasteiger charge is 2.56. The maximum absolute atomic E-state index is 15.5. The van der Waals surface area contributed by atoms with E-state index in [0.717, 1.165) is 37.1 Å². The van der Waals surface area contributed by atoms with Crippen LogP contribution < -0.4 is 5.09 Å². The standard InChI is InChI=1S/C31H44N3OP/c1-30(2,3)23-33-28-19-13-14-20-29(28)34(24-31(4,5)6)36(33,35)32-27(26-17-11-8-12-18-26)22-21-25-15-9-7-10-16-25/h7-12,15-18,27-29H,13-14,19-20,23-24H2,1-6H3,(H,32,35)/t27-,28-,29-/m1/s1. The zero-order valence-corrected chi connectivity index (χ0v) is 23.9. The highest BCUT2D eigenvalue weighted by molar-refractivity contribution is 7.57. The normalized spacial score (nSPS) is 23.5. The van der Waals surface area contributed by atoms with Gasteiger partial charge in [-0.05, 0) is 41.4 Å². The second-order valence-electron chi connectivity index (χ2n) is 12.9. The van der Waals surface area contributed by atoms with Crippen LogP contribution in [-0.4, -0.2) is 34.5 Å². The zero-order chi connectivity index (χ0) is 26.0. The summed E-state index contributed by atoms with van der Waals surface area (Å²) in [4.78, 5) is 0. The molecular formula is C31H44N3OP. The molecule has 1 saturated heterocycles. The molecule has 194 valence electrons. The summed E-state index contributed by atoms with van der Waals surface area (Å²) in [6.45, 7) is 15.1. The first kappa shape index (κ1) is 27.2. The largest absolute Gasteiger partial charge is 0.286 e. The van der Waals surface area contributed by atoms with Crippen LogP contribution in [0, 0.1) is 22.7 Å². The molecule has 1 saturated carbocycles. The summed E-state index contributed by atoms with van der Waals surface area (Å²) in [6.07, 6.45) is 4.64. The average molecular weight is 506 g/mol. The van der Waals surface area contributed by atoms with E-state index in [9.17, 15) is 0 Å². The monoisotopic (exact) mass is 505 g/mol. The van der Waals surface area contributed by atoms with Gasteiger partial charge in [-0.2, -0.15) is 0 Å². The van der Waals surface area contributed by atoms with Crippen LogP contribution in [0.4, 0.5) is 0 Å². The van der Waals surface area contributed by atoms with Crippen molar-refractivity contribution in [3.05, 3.63) is 71.8 Å².